The second-order valence-electron chi connectivity index (χ2n) is 3.97. The number of hydrogen-bond donors (Lipinski definition) is 0. The first kappa shape index (κ1) is 12.7. The predicted octanol–water partition coefficient (Wildman–Crippen LogP) is 2.69. The maximum absolute atomic E-state index is 10.8. The number of nitro benzene ring substituents is 1. The summed E-state index contributed by atoms with van der Waals surface area (Å²) in [5, 5.41) is 19.4. The van der Waals surface area contributed by atoms with E-state index in [-0.39, 0.29) is 10.6 Å². The fourth-order valence-corrected chi connectivity index (χ4v) is 1.96. The first-order valence-corrected chi connectivity index (χ1v) is 6.38. The van der Waals surface area contributed by atoms with Crippen molar-refractivity contribution in [1.82, 2.24) is 15.0 Å². The summed E-state index contributed by atoms with van der Waals surface area (Å²) in [4.78, 5) is 10.5. The lowest BCUT2D eigenvalue weighted by molar-refractivity contribution is -0.385. The number of nitrogens with zero attached hydrogens (tertiary/aromatic N) is 4. The lowest BCUT2D eigenvalue weighted by atomic mass is 10.1. The molecule has 1 aromatic carbocycles. The number of benzene rings is 1. The summed E-state index contributed by atoms with van der Waals surface area (Å²) in [5.41, 5.74) is 3.13. The van der Waals surface area contributed by atoms with Gasteiger partial charge in [-0.25, -0.2) is 4.68 Å². The Labute approximate surface area is 112 Å². The smallest absolute Gasteiger partial charge is 0.258 e. The lowest BCUT2D eigenvalue weighted by Gasteiger charge is -2.06. The fourth-order valence-electron chi connectivity index (χ4n) is 1.71. The van der Waals surface area contributed by atoms with Gasteiger partial charge in [0.25, 0.3) is 5.69 Å². The quantitative estimate of drug-likeness (QED) is 0.496. The van der Waals surface area contributed by atoms with Gasteiger partial charge in [-0.2, -0.15) is 0 Å². The van der Waals surface area contributed by atoms with Crippen molar-refractivity contribution in [2.24, 2.45) is 0 Å². The van der Waals surface area contributed by atoms with Crippen molar-refractivity contribution in [3.05, 3.63) is 45.3 Å². The van der Waals surface area contributed by atoms with Gasteiger partial charge in [0.2, 0.25) is 0 Å². The maximum atomic E-state index is 10.8. The number of aryl methyl sites for hydroxylation is 2. The molecule has 2 aromatic rings. The summed E-state index contributed by atoms with van der Waals surface area (Å²) in [7, 11) is 0. The molecule has 1 aromatic heterocycles. The minimum Gasteiger partial charge on any atom is -0.258 e. The van der Waals surface area contributed by atoms with Gasteiger partial charge >= 0.3 is 0 Å². The minimum atomic E-state index is -0.378. The molecule has 1 heterocycles. The Hall–Kier alpha value is -1.76. The van der Waals surface area contributed by atoms with Crippen molar-refractivity contribution in [2.45, 2.75) is 19.2 Å². The zero-order valence-electron chi connectivity index (χ0n) is 9.92. The van der Waals surface area contributed by atoms with E-state index in [1.54, 1.807) is 29.9 Å². The molecule has 0 spiro atoms. The van der Waals surface area contributed by atoms with Gasteiger partial charge in [-0.15, -0.1) is 5.10 Å². The Balaban J connectivity index is 2.52. The summed E-state index contributed by atoms with van der Waals surface area (Å²) < 4.78 is 1.63. The van der Waals surface area contributed by atoms with E-state index in [9.17, 15) is 10.1 Å². The monoisotopic (exact) mass is 310 g/mol. The molecule has 18 heavy (non-hydrogen) atoms. The van der Waals surface area contributed by atoms with Gasteiger partial charge in [-0.05, 0) is 25.5 Å². The van der Waals surface area contributed by atoms with Gasteiger partial charge in [0, 0.05) is 17.0 Å². The van der Waals surface area contributed by atoms with Crippen LogP contribution < -0.4 is 0 Å². The summed E-state index contributed by atoms with van der Waals surface area (Å²) in [6.07, 6.45) is 1.79. The molecule has 0 radical (unpaired) electrons. The topological polar surface area (TPSA) is 73.8 Å². The lowest BCUT2D eigenvalue weighted by Crippen LogP contribution is -2.01. The van der Waals surface area contributed by atoms with Crippen molar-refractivity contribution in [2.75, 3.05) is 0 Å². The number of halogens is 1. The van der Waals surface area contributed by atoms with E-state index >= 15 is 0 Å². The van der Waals surface area contributed by atoms with Gasteiger partial charge in [0.05, 0.1) is 22.5 Å². The van der Waals surface area contributed by atoms with E-state index in [0.29, 0.717) is 10.9 Å². The van der Waals surface area contributed by atoms with Gasteiger partial charge in [-0.3, -0.25) is 10.1 Å². The Bertz CT molecular complexity index is 609. The second kappa shape index (κ2) is 4.85. The number of rotatable bonds is 3. The van der Waals surface area contributed by atoms with Crippen molar-refractivity contribution < 1.29 is 4.92 Å². The minimum absolute atomic E-state index is 0.122. The summed E-state index contributed by atoms with van der Waals surface area (Å²) in [6.45, 7) is 3.53. The van der Waals surface area contributed by atoms with Gasteiger partial charge in [0.1, 0.15) is 0 Å². The van der Waals surface area contributed by atoms with Crippen LogP contribution in [-0.4, -0.2) is 19.9 Å². The van der Waals surface area contributed by atoms with E-state index in [1.165, 1.54) is 0 Å². The molecule has 6 nitrogen and oxygen atoms in total. The summed E-state index contributed by atoms with van der Waals surface area (Å²) in [5.74, 6) is 0. The van der Waals surface area contributed by atoms with Gasteiger partial charge in [0.15, 0.2) is 0 Å². The summed E-state index contributed by atoms with van der Waals surface area (Å²) in [6, 6.07) is 3.31. The van der Waals surface area contributed by atoms with Crippen LogP contribution in [0.4, 0.5) is 5.69 Å². The van der Waals surface area contributed by atoms with Crippen LogP contribution in [0.5, 0.6) is 0 Å². The molecule has 0 N–H and O–H groups in total. The molecule has 0 unspecified atom stereocenters. The van der Waals surface area contributed by atoms with Crippen LogP contribution in [0.15, 0.2) is 18.3 Å². The average Bonchev–Trinajstić information content (AvgIpc) is 2.79. The molecule has 2 rings (SSSR count). The number of aromatic nitrogens is 3. The van der Waals surface area contributed by atoms with E-state index in [1.807, 2.05) is 6.92 Å². The molecule has 0 aliphatic carbocycles. The Morgan fingerprint density at radius 2 is 2.11 bits per heavy atom. The highest BCUT2D eigenvalue weighted by molar-refractivity contribution is 9.08. The molecule has 0 amide bonds. The highest BCUT2D eigenvalue weighted by Gasteiger charge is 2.15. The predicted molar refractivity (Wildman–Crippen MR) is 70.1 cm³/mol. The van der Waals surface area contributed by atoms with E-state index in [4.69, 9.17) is 0 Å². The molecule has 0 aliphatic heterocycles. The van der Waals surface area contributed by atoms with Crippen LogP contribution in [0.2, 0.25) is 0 Å². The molecular formula is C11H11BrN4O2. The molecule has 94 valence electrons. The van der Waals surface area contributed by atoms with Gasteiger partial charge in [-0.1, -0.05) is 21.1 Å². The normalized spacial score (nSPS) is 10.6. The first-order chi connectivity index (χ1) is 8.52. The second-order valence-corrected chi connectivity index (χ2v) is 4.53. The van der Waals surface area contributed by atoms with Crippen LogP contribution in [0.1, 0.15) is 16.8 Å². The highest BCUT2D eigenvalue weighted by atomic mass is 79.9. The van der Waals surface area contributed by atoms with Crippen molar-refractivity contribution >= 4 is 21.6 Å². The third kappa shape index (κ3) is 2.26. The zero-order valence-corrected chi connectivity index (χ0v) is 11.5. The standard InChI is InChI=1S/C11H11BrN4O2/c1-7-4-11(16(17)18)8(2)3-10(7)15-6-9(5-12)13-14-15/h3-4,6H,5H2,1-2H3. The largest absolute Gasteiger partial charge is 0.272 e. The average molecular weight is 311 g/mol. The third-order valence-corrected chi connectivity index (χ3v) is 3.21. The van der Waals surface area contributed by atoms with E-state index in [2.05, 4.69) is 26.2 Å². The Morgan fingerprint density at radius 3 is 2.67 bits per heavy atom. The SMILES string of the molecule is Cc1cc([N+](=O)[O-])c(C)cc1-n1cc(CBr)nn1. The van der Waals surface area contributed by atoms with Crippen LogP contribution >= 0.6 is 15.9 Å². The molecule has 0 atom stereocenters. The Kier molecular flexibility index (Phi) is 3.42. The van der Waals surface area contributed by atoms with Gasteiger partial charge < -0.3 is 0 Å². The molecular weight excluding hydrogens is 300 g/mol. The van der Waals surface area contributed by atoms with Crippen molar-refractivity contribution in [1.29, 1.82) is 0 Å². The molecule has 0 aliphatic rings. The number of alkyl halides is 1. The molecule has 7 heteroatoms. The third-order valence-electron chi connectivity index (χ3n) is 2.64. The van der Waals surface area contributed by atoms with Crippen LogP contribution in [-0.2, 0) is 5.33 Å². The molecule has 0 fully saturated rings. The number of hydrogen-bond acceptors (Lipinski definition) is 4. The van der Waals surface area contributed by atoms with Crippen molar-refractivity contribution in [3.8, 4) is 5.69 Å². The van der Waals surface area contributed by atoms with Crippen LogP contribution in [0.3, 0.4) is 0 Å². The zero-order chi connectivity index (χ0) is 13.3. The van der Waals surface area contributed by atoms with Crippen LogP contribution in [0, 0.1) is 24.0 Å². The molecule has 0 saturated heterocycles. The van der Waals surface area contributed by atoms with E-state index in [0.717, 1.165) is 16.9 Å². The molecule has 0 bridgehead atoms. The van der Waals surface area contributed by atoms with Crippen molar-refractivity contribution in [3.63, 3.8) is 0 Å². The maximum Gasteiger partial charge on any atom is 0.272 e. The fraction of sp³-hybridized carbons (Fsp3) is 0.273. The summed E-state index contributed by atoms with van der Waals surface area (Å²) >= 11 is 3.30. The van der Waals surface area contributed by atoms with Crippen LogP contribution in [0.25, 0.3) is 5.69 Å². The van der Waals surface area contributed by atoms with E-state index < -0.39 is 0 Å². The molecule has 0 saturated carbocycles. The Morgan fingerprint density at radius 1 is 1.39 bits per heavy atom. The number of nitro groups is 1. The highest BCUT2D eigenvalue weighted by Crippen LogP contribution is 2.24. The first-order valence-electron chi connectivity index (χ1n) is 5.26.